The van der Waals surface area contributed by atoms with Gasteiger partial charge < -0.3 is 21.7 Å². The molecule has 2 rings (SSSR count). The van der Waals surface area contributed by atoms with Crippen molar-refractivity contribution in [2.24, 2.45) is 5.73 Å². The fraction of sp³-hybridized carbons (Fsp3) is 0.333. The lowest BCUT2D eigenvalue weighted by molar-refractivity contribution is -0.119. The fourth-order valence-corrected chi connectivity index (χ4v) is 2.03. The molecule has 1 aromatic carbocycles. The van der Waals surface area contributed by atoms with Crippen molar-refractivity contribution in [3.8, 4) is 0 Å². The number of carbonyl (C=O) groups is 2. The molecule has 1 fully saturated rings. The van der Waals surface area contributed by atoms with Gasteiger partial charge in [-0.15, -0.1) is 0 Å². The smallest absolute Gasteiger partial charge is 0.250 e. The molecular formula is C12H16N4O2. The van der Waals surface area contributed by atoms with E-state index in [0.29, 0.717) is 30.0 Å². The summed E-state index contributed by atoms with van der Waals surface area (Å²) in [6.07, 6.45) is 0.818. The first-order valence-electron chi connectivity index (χ1n) is 5.79. The second kappa shape index (κ2) is 4.95. The van der Waals surface area contributed by atoms with Crippen LogP contribution < -0.4 is 21.7 Å². The molecular weight excluding hydrogens is 232 g/mol. The third-order valence-electron chi connectivity index (χ3n) is 2.89. The number of amides is 2. The number of primary amides is 1. The van der Waals surface area contributed by atoms with Gasteiger partial charge in [0.25, 0.3) is 5.91 Å². The van der Waals surface area contributed by atoms with Crippen molar-refractivity contribution in [1.82, 2.24) is 5.32 Å². The van der Waals surface area contributed by atoms with Crippen LogP contribution in [0.4, 0.5) is 11.4 Å². The van der Waals surface area contributed by atoms with Crippen molar-refractivity contribution in [3.63, 3.8) is 0 Å². The summed E-state index contributed by atoms with van der Waals surface area (Å²) in [5.41, 5.74) is 12.6. The Morgan fingerprint density at radius 2 is 2.17 bits per heavy atom. The van der Waals surface area contributed by atoms with Crippen LogP contribution in [-0.4, -0.2) is 31.4 Å². The van der Waals surface area contributed by atoms with Gasteiger partial charge in [0.2, 0.25) is 5.91 Å². The molecule has 6 heteroatoms. The molecule has 0 atom stereocenters. The average molecular weight is 248 g/mol. The van der Waals surface area contributed by atoms with Gasteiger partial charge in [-0.2, -0.15) is 0 Å². The molecule has 1 aliphatic rings. The Bertz CT molecular complexity index is 487. The summed E-state index contributed by atoms with van der Waals surface area (Å²) in [6.45, 7) is 1.54. The van der Waals surface area contributed by atoms with Crippen LogP contribution in [0.25, 0.3) is 0 Å². The van der Waals surface area contributed by atoms with Gasteiger partial charge in [-0.1, -0.05) is 0 Å². The third-order valence-corrected chi connectivity index (χ3v) is 2.89. The lowest BCUT2D eigenvalue weighted by atomic mass is 10.1. The zero-order valence-electron chi connectivity index (χ0n) is 9.98. The molecule has 0 spiro atoms. The first-order valence-corrected chi connectivity index (χ1v) is 5.79. The van der Waals surface area contributed by atoms with Gasteiger partial charge >= 0.3 is 0 Å². The average Bonchev–Trinajstić information content (AvgIpc) is 2.53. The van der Waals surface area contributed by atoms with Crippen LogP contribution in [0.15, 0.2) is 18.2 Å². The Kier molecular flexibility index (Phi) is 3.36. The number of nitrogens with one attached hydrogen (secondary N) is 1. The highest BCUT2D eigenvalue weighted by Gasteiger charge is 2.19. The van der Waals surface area contributed by atoms with Crippen LogP contribution in [0, 0.1) is 0 Å². The second-order valence-corrected chi connectivity index (χ2v) is 4.27. The van der Waals surface area contributed by atoms with Gasteiger partial charge in [-0.3, -0.25) is 9.59 Å². The number of carbonyl (C=O) groups excluding carboxylic acids is 2. The predicted octanol–water partition coefficient (Wildman–Crippen LogP) is -0.306. The monoisotopic (exact) mass is 248 g/mol. The molecule has 0 unspecified atom stereocenters. The number of anilines is 2. The maximum absolute atomic E-state index is 11.5. The number of nitrogen functional groups attached to an aromatic ring is 1. The van der Waals surface area contributed by atoms with Crippen molar-refractivity contribution in [2.45, 2.75) is 6.42 Å². The highest BCUT2D eigenvalue weighted by atomic mass is 16.2. The SMILES string of the molecule is NC(=O)c1ccc(N)cc1N1CCCNC(=O)C1. The predicted molar refractivity (Wildman–Crippen MR) is 69.2 cm³/mol. The molecule has 1 aliphatic heterocycles. The minimum atomic E-state index is -0.519. The summed E-state index contributed by atoms with van der Waals surface area (Å²) in [7, 11) is 0. The van der Waals surface area contributed by atoms with E-state index in [1.165, 1.54) is 0 Å². The van der Waals surface area contributed by atoms with E-state index in [4.69, 9.17) is 11.5 Å². The van der Waals surface area contributed by atoms with E-state index in [1.807, 2.05) is 4.90 Å². The van der Waals surface area contributed by atoms with E-state index < -0.39 is 5.91 Å². The summed E-state index contributed by atoms with van der Waals surface area (Å²) in [6, 6.07) is 4.90. The minimum absolute atomic E-state index is 0.0645. The van der Waals surface area contributed by atoms with Crippen molar-refractivity contribution in [1.29, 1.82) is 0 Å². The zero-order chi connectivity index (χ0) is 13.1. The van der Waals surface area contributed by atoms with Crippen LogP contribution in [0.3, 0.4) is 0 Å². The third kappa shape index (κ3) is 2.53. The lowest BCUT2D eigenvalue weighted by Crippen LogP contribution is -2.34. The van der Waals surface area contributed by atoms with E-state index in [9.17, 15) is 9.59 Å². The summed E-state index contributed by atoms with van der Waals surface area (Å²) in [5, 5.41) is 2.78. The number of hydrogen-bond donors (Lipinski definition) is 3. The standard InChI is InChI=1S/C12H16N4O2/c13-8-2-3-9(12(14)18)10(6-8)16-5-1-4-15-11(17)7-16/h2-3,6H,1,4-5,7,13H2,(H2,14,18)(H,15,17). The molecule has 1 aromatic rings. The molecule has 0 radical (unpaired) electrons. The maximum atomic E-state index is 11.5. The number of hydrogen-bond acceptors (Lipinski definition) is 4. The van der Waals surface area contributed by atoms with Gasteiger partial charge in [-0.25, -0.2) is 0 Å². The molecule has 1 heterocycles. The maximum Gasteiger partial charge on any atom is 0.250 e. The summed E-state index contributed by atoms with van der Waals surface area (Å²) >= 11 is 0. The van der Waals surface area contributed by atoms with Gasteiger partial charge in [0.15, 0.2) is 0 Å². The molecule has 0 bridgehead atoms. The van der Waals surface area contributed by atoms with Crippen LogP contribution in [0.2, 0.25) is 0 Å². The Morgan fingerprint density at radius 1 is 1.39 bits per heavy atom. The van der Waals surface area contributed by atoms with Crippen LogP contribution in [0.1, 0.15) is 16.8 Å². The molecule has 96 valence electrons. The first-order chi connectivity index (χ1) is 8.58. The highest BCUT2D eigenvalue weighted by molar-refractivity contribution is 6.00. The highest BCUT2D eigenvalue weighted by Crippen LogP contribution is 2.24. The van der Waals surface area contributed by atoms with E-state index in [2.05, 4.69) is 5.32 Å². The Hall–Kier alpha value is -2.24. The second-order valence-electron chi connectivity index (χ2n) is 4.27. The van der Waals surface area contributed by atoms with E-state index in [-0.39, 0.29) is 12.5 Å². The normalized spacial score (nSPS) is 16.0. The molecule has 2 amide bonds. The van der Waals surface area contributed by atoms with Crippen molar-refractivity contribution in [2.75, 3.05) is 30.3 Å². The Labute approximate surface area is 105 Å². The van der Waals surface area contributed by atoms with Crippen molar-refractivity contribution in [3.05, 3.63) is 23.8 Å². The van der Waals surface area contributed by atoms with Crippen molar-refractivity contribution < 1.29 is 9.59 Å². The molecule has 0 saturated carbocycles. The van der Waals surface area contributed by atoms with Gasteiger partial charge in [0.05, 0.1) is 17.8 Å². The molecule has 1 saturated heterocycles. The van der Waals surface area contributed by atoms with E-state index in [1.54, 1.807) is 18.2 Å². The van der Waals surface area contributed by atoms with Gasteiger partial charge in [0, 0.05) is 18.8 Å². The molecule has 0 aliphatic carbocycles. The van der Waals surface area contributed by atoms with E-state index >= 15 is 0 Å². The zero-order valence-corrected chi connectivity index (χ0v) is 9.98. The molecule has 18 heavy (non-hydrogen) atoms. The van der Waals surface area contributed by atoms with Crippen LogP contribution in [-0.2, 0) is 4.79 Å². The number of nitrogens with two attached hydrogens (primary N) is 2. The van der Waals surface area contributed by atoms with E-state index in [0.717, 1.165) is 6.42 Å². The topological polar surface area (TPSA) is 101 Å². The van der Waals surface area contributed by atoms with Crippen LogP contribution in [0.5, 0.6) is 0 Å². The molecule has 0 aromatic heterocycles. The fourth-order valence-electron chi connectivity index (χ4n) is 2.03. The summed E-state index contributed by atoms with van der Waals surface area (Å²) in [4.78, 5) is 24.8. The number of nitrogens with zero attached hydrogens (tertiary/aromatic N) is 1. The van der Waals surface area contributed by atoms with Crippen LogP contribution >= 0.6 is 0 Å². The van der Waals surface area contributed by atoms with Gasteiger partial charge in [-0.05, 0) is 24.6 Å². The first kappa shape index (κ1) is 12.2. The Morgan fingerprint density at radius 3 is 2.89 bits per heavy atom. The number of benzene rings is 1. The number of rotatable bonds is 2. The minimum Gasteiger partial charge on any atom is -0.399 e. The summed E-state index contributed by atoms with van der Waals surface area (Å²) in [5.74, 6) is -0.583. The largest absolute Gasteiger partial charge is 0.399 e. The van der Waals surface area contributed by atoms with Crippen molar-refractivity contribution >= 4 is 23.2 Å². The lowest BCUT2D eigenvalue weighted by Gasteiger charge is -2.23. The Balaban J connectivity index is 2.38. The molecule has 6 nitrogen and oxygen atoms in total. The molecule has 5 N–H and O–H groups in total. The van der Waals surface area contributed by atoms with Gasteiger partial charge in [0.1, 0.15) is 0 Å². The quantitative estimate of drug-likeness (QED) is 0.625. The summed E-state index contributed by atoms with van der Waals surface area (Å²) < 4.78 is 0.